The largest absolute Gasteiger partial charge is 0.478 e. The highest BCUT2D eigenvalue weighted by atomic mass is 31.1. The van der Waals surface area contributed by atoms with Crippen LogP contribution in [0, 0.1) is 0 Å². The smallest absolute Gasteiger partial charge is 0.335 e. The number of nitrogens with zero attached hydrogens (tertiary/aromatic N) is 1. The average Bonchev–Trinajstić information content (AvgIpc) is 3.26. The molecular weight excluding hydrogens is 343 g/mol. The Kier molecular flexibility index (Phi) is 4.80. The molecule has 0 radical (unpaired) electrons. The van der Waals surface area contributed by atoms with Crippen LogP contribution in [0.25, 0.3) is 10.9 Å². The summed E-state index contributed by atoms with van der Waals surface area (Å²) in [6.07, 6.45) is 5.19. The molecule has 0 amide bonds. The number of carboxylic acids is 1. The lowest BCUT2D eigenvalue weighted by Crippen LogP contribution is -2.21. The van der Waals surface area contributed by atoms with E-state index in [1.807, 2.05) is 12.1 Å². The summed E-state index contributed by atoms with van der Waals surface area (Å²) < 4.78 is 2.55. The summed E-state index contributed by atoms with van der Waals surface area (Å²) in [5.41, 5.74) is 5.46. The van der Waals surface area contributed by atoms with Gasteiger partial charge in [-0.25, -0.2) is 4.79 Å². The highest BCUT2D eigenvalue weighted by Crippen LogP contribution is 2.40. The number of aromatic nitrogens is 1. The summed E-state index contributed by atoms with van der Waals surface area (Å²) in [6.45, 7) is 3.25. The second-order valence-electron chi connectivity index (χ2n) is 6.80. The van der Waals surface area contributed by atoms with Crippen molar-refractivity contribution >= 4 is 25.6 Å². The van der Waals surface area contributed by atoms with Crippen LogP contribution in [-0.4, -0.2) is 33.9 Å². The molecule has 2 unspecified atom stereocenters. The summed E-state index contributed by atoms with van der Waals surface area (Å²) in [5.74, 6) is -0.843. The Morgan fingerprint density at radius 2 is 2.15 bits per heavy atom. The maximum atomic E-state index is 11.2. The third-order valence-corrected chi connectivity index (χ3v) is 6.51. The van der Waals surface area contributed by atoms with Gasteiger partial charge >= 0.3 is 5.97 Å². The standard InChI is InChI=1S/C21H23N2O2P/c1-26-23(11-10-16-13-22-19-5-3-2-4-17(16)19)20-9-7-14-12-15(21(24)25)6-8-18(14)20/h2-6,8,12-13,20,22,26H,7,9-11H2,1H3,(H,24,25). The highest BCUT2D eigenvalue weighted by molar-refractivity contribution is 7.34. The average molecular weight is 366 g/mol. The van der Waals surface area contributed by atoms with Crippen molar-refractivity contribution in [2.75, 3.05) is 13.2 Å². The Balaban J connectivity index is 1.51. The second-order valence-corrected chi connectivity index (χ2v) is 7.82. The molecule has 3 aromatic rings. The first-order chi connectivity index (χ1) is 12.7. The van der Waals surface area contributed by atoms with Gasteiger partial charge in [0.25, 0.3) is 0 Å². The predicted molar refractivity (Wildman–Crippen MR) is 107 cm³/mol. The van der Waals surface area contributed by atoms with Crippen LogP contribution in [0.3, 0.4) is 0 Å². The minimum atomic E-state index is -0.843. The first-order valence-corrected chi connectivity index (χ1v) is 10.5. The lowest BCUT2D eigenvalue weighted by Gasteiger charge is -2.28. The fourth-order valence-electron chi connectivity index (χ4n) is 4.05. The second kappa shape index (κ2) is 7.22. The Hall–Kier alpha value is -2.16. The molecule has 1 heterocycles. The van der Waals surface area contributed by atoms with E-state index < -0.39 is 5.97 Å². The number of hydrogen-bond acceptors (Lipinski definition) is 2. The number of carboxylic acid groups (broad SMARTS) is 1. The molecule has 26 heavy (non-hydrogen) atoms. The maximum absolute atomic E-state index is 11.2. The number of hydrogen-bond donors (Lipinski definition) is 2. The number of aromatic carboxylic acids is 1. The van der Waals surface area contributed by atoms with E-state index in [1.54, 1.807) is 6.07 Å². The number of nitrogens with one attached hydrogen (secondary N) is 1. The molecule has 0 saturated heterocycles. The van der Waals surface area contributed by atoms with Gasteiger partial charge in [-0.15, -0.1) is 0 Å². The van der Waals surface area contributed by atoms with E-state index in [4.69, 9.17) is 0 Å². The number of fused-ring (bicyclic) bond motifs is 2. The summed E-state index contributed by atoms with van der Waals surface area (Å²) in [7, 11) is 0.732. The van der Waals surface area contributed by atoms with Gasteiger partial charge in [0.2, 0.25) is 0 Å². The van der Waals surface area contributed by atoms with E-state index in [2.05, 4.69) is 46.8 Å². The van der Waals surface area contributed by atoms with Crippen LogP contribution in [0.15, 0.2) is 48.7 Å². The van der Waals surface area contributed by atoms with E-state index in [1.165, 1.54) is 27.6 Å². The molecule has 4 nitrogen and oxygen atoms in total. The van der Waals surface area contributed by atoms with Gasteiger partial charge in [-0.3, -0.25) is 4.67 Å². The molecule has 2 N–H and O–H groups in total. The minimum Gasteiger partial charge on any atom is -0.478 e. The molecule has 2 aromatic carbocycles. The number of aryl methyl sites for hydroxylation is 1. The third-order valence-electron chi connectivity index (χ3n) is 5.40. The van der Waals surface area contributed by atoms with Crippen molar-refractivity contribution in [1.29, 1.82) is 0 Å². The Bertz CT molecular complexity index is 950. The quantitative estimate of drug-likeness (QED) is 0.626. The van der Waals surface area contributed by atoms with Crippen molar-refractivity contribution in [2.24, 2.45) is 0 Å². The van der Waals surface area contributed by atoms with Crippen molar-refractivity contribution < 1.29 is 9.90 Å². The van der Waals surface area contributed by atoms with Crippen LogP contribution in [0.1, 0.15) is 39.5 Å². The molecule has 1 aromatic heterocycles. The topological polar surface area (TPSA) is 56.3 Å². The molecule has 2 atom stereocenters. The normalized spacial score (nSPS) is 16.8. The van der Waals surface area contributed by atoms with Gasteiger partial charge in [-0.1, -0.05) is 33.0 Å². The maximum Gasteiger partial charge on any atom is 0.335 e. The van der Waals surface area contributed by atoms with Gasteiger partial charge in [0.05, 0.1) is 5.56 Å². The van der Waals surface area contributed by atoms with E-state index >= 15 is 0 Å². The fourth-order valence-corrected chi connectivity index (χ4v) is 4.97. The SMILES string of the molecule is CPN(CCc1c[nH]c2ccccc12)C1CCc2cc(C(=O)O)ccc21. The van der Waals surface area contributed by atoms with Crippen molar-refractivity contribution in [3.8, 4) is 0 Å². The van der Waals surface area contributed by atoms with E-state index in [0.717, 1.165) is 34.5 Å². The monoisotopic (exact) mass is 366 g/mol. The van der Waals surface area contributed by atoms with Crippen LogP contribution in [0.4, 0.5) is 0 Å². The van der Waals surface area contributed by atoms with E-state index in [0.29, 0.717) is 11.6 Å². The Morgan fingerprint density at radius 3 is 2.96 bits per heavy atom. The highest BCUT2D eigenvalue weighted by Gasteiger charge is 2.28. The summed E-state index contributed by atoms with van der Waals surface area (Å²) in [5, 5.41) is 10.5. The zero-order valence-corrected chi connectivity index (χ0v) is 15.8. The van der Waals surface area contributed by atoms with Gasteiger partial charge < -0.3 is 10.1 Å². The third kappa shape index (κ3) is 3.15. The number of rotatable bonds is 6. The molecule has 0 fully saturated rings. The van der Waals surface area contributed by atoms with Crippen LogP contribution in [-0.2, 0) is 12.8 Å². The molecule has 1 aliphatic rings. The molecule has 4 rings (SSSR count). The number of aromatic amines is 1. The fraction of sp³-hybridized carbons (Fsp3) is 0.286. The first-order valence-electron chi connectivity index (χ1n) is 9.02. The number of para-hydroxylation sites is 1. The number of H-pyrrole nitrogens is 1. The first kappa shape index (κ1) is 17.3. The number of carbonyl (C=O) groups is 1. The van der Waals surface area contributed by atoms with Gasteiger partial charge in [0.1, 0.15) is 0 Å². The summed E-state index contributed by atoms with van der Waals surface area (Å²) in [4.78, 5) is 14.6. The van der Waals surface area contributed by atoms with Gasteiger partial charge in [0, 0.05) is 29.7 Å². The minimum absolute atomic E-state index is 0.397. The van der Waals surface area contributed by atoms with Gasteiger partial charge in [-0.2, -0.15) is 0 Å². The molecule has 0 aliphatic heterocycles. The zero-order chi connectivity index (χ0) is 18.1. The van der Waals surface area contributed by atoms with Gasteiger partial charge in [-0.05, 0) is 60.8 Å². The summed E-state index contributed by atoms with van der Waals surface area (Å²) in [6, 6.07) is 14.5. The van der Waals surface area contributed by atoms with E-state index in [9.17, 15) is 9.90 Å². The molecule has 1 aliphatic carbocycles. The molecule has 5 heteroatoms. The van der Waals surface area contributed by atoms with Crippen molar-refractivity contribution in [1.82, 2.24) is 9.65 Å². The van der Waals surface area contributed by atoms with Crippen LogP contribution >= 0.6 is 8.73 Å². The molecular formula is C21H23N2O2P. The lowest BCUT2D eigenvalue weighted by molar-refractivity contribution is 0.0696. The molecule has 0 bridgehead atoms. The Labute approximate surface area is 155 Å². The predicted octanol–water partition coefficient (Wildman–Crippen LogP) is 4.62. The molecule has 0 saturated carbocycles. The van der Waals surface area contributed by atoms with E-state index in [-0.39, 0.29) is 0 Å². The van der Waals surface area contributed by atoms with Crippen molar-refractivity contribution in [3.63, 3.8) is 0 Å². The lowest BCUT2D eigenvalue weighted by atomic mass is 10.0. The van der Waals surface area contributed by atoms with Crippen LogP contribution in [0.5, 0.6) is 0 Å². The summed E-state index contributed by atoms with van der Waals surface area (Å²) >= 11 is 0. The van der Waals surface area contributed by atoms with Crippen LogP contribution in [0.2, 0.25) is 0 Å². The van der Waals surface area contributed by atoms with Gasteiger partial charge in [0.15, 0.2) is 0 Å². The zero-order valence-electron chi connectivity index (χ0n) is 14.8. The van der Waals surface area contributed by atoms with Crippen molar-refractivity contribution in [3.05, 3.63) is 70.9 Å². The van der Waals surface area contributed by atoms with Crippen LogP contribution < -0.4 is 0 Å². The molecule has 134 valence electrons. The Morgan fingerprint density at radius 1 is 1.31 bits per heavy atom. The molecule has 0 spiro atoms. The number of benzene rings is 2. The van der Waals surface area contributed by atoms with Crippen molar-refractivity contribution in [2.45, 2.75) is 25.3 Å².